The first-order valence-electron chi connectivity index (χ1n) is 9.49. The van der Waals surface area contributed by atoms with Gasteiger partial charge in [0.2, 0.25) is 0 Å². The molecule has 2 rings (SSSR count). The average molecular weight is 514 g/mol. The second-order valence-corrected chi connectivity index (χ2v) is 6.57. The molecular weight excluding hydrogens is 484 g/mol. The Hall–Kier alpha value is -1.23. The van der Waals surface area contributed by atoms with Crippen molar-refractivity contribution in [3.63, 3.8) is 0 Å². The van der Waals surface area contributed by atoms with Crippen molar-refractivity contribution in [3.05, 3.63) is 29.8 Å². The third kappa shape index (κ3) is 10.4. The fourth-order valence-electron chi connectivity index (χ4n) is 2.88. The van der Waals surface area contributed by atoms with Gasteiger partial charge in [-0.3, -0.25) is 0 Å². The van der Waals surface area contributed by atoms with E-state index in [0.717, 1.165) is 44.2 Å². The Morgan fingerprint density at radius 1 is 1.11 bits per heavy atom. The molecule has 1 fully saturated rings. The molecule has 0 unspecified atom stereocenters. The molecule has 0 aromatic heterocycles. The topological polar surface area (TPSA) is 48.9 Å². The molecule has 2 N–H and O–H groups in total. The van der Waals surface area contributed by atoms with Crippen LogP contribution in [0.4, 0.5) is 13.2 Å². The minimum atomic E-state index is -4.33. The lowest BCUT2D eigenvalue weighted by Gasteiger charge is -2.26. The van der Waals surface area contributed by atoms with Crippen molar-refractivity contribution in [2.75, 3.05) is 39.3 Å². The van der Waals surface area contributed by atoms with Gasteiger partial charge in [-0.25, -0.2) is 4.99 Å². The van der Waals surface area contributed by atoms with E-state index in [0.29, 0.717) is 6.54 Å². The van der Waals surface area contributed by atoms with Crippen molar-refractivity contribution < 1.29 is 17.9 Å². The summed E-state index contributed by atoms with van der Waals surface area (Å²) in [6.45, 7) is 6.09. The normalized spacial score (nSPS) is 15.6. The molecule has 1 aromatic rings. The Labute approximate surface area is 182 Å². The molecule has 1 heterocycles. The number of alkyl halides is 3. The molecule has 9 heteroatoms. The Morgan fingerprint density at radius 3 is 2.39 bits per heavy atom. The number of likely N-dealkylation sites (tertiary alicyclic amines) is 1. The van der Waals surface area contributed by atoms with Crippen molar-refractivity contribution in [2.45, 2.75) is 38.9 Å². The van der Waals surface area contributed by atoms with E-state index >= 15 is 0 Å². The lowest BCUT2D eigenvalue weighted by atomic mass is 10.1. The second-order valence-electron chi connectivity index (χ2n) is 6.57. The third-order valence-electron chi connectivity index (χ3n) is 4.26. The largest absolute Gasteiger partial charge is 0.484 e. The van der Waals surface area contributed by atoms with Gasteiger partial charge in [0.25, 0.3) is 0 Å². The van der Waals surface area contributed by atoms with E-state index in [4.69, 9.17) is 4.74 Å². The molecule has 1 aliphatic heterocycles. The zero-order valence-corrected chi connectivity index (χ0v) is 18.6. The molecular formula is C19H30F3IN4O. The highest BCUT2D eigenvalue weighted by molar-refractivity contribution is 14.0. The highest BCUT2D eigenvalue weighted by Gasteiger charge is 2.28. The van der Waals surface area contributed by atoms with Crippen molar-refractivity contribution in [3.8, 4) is 5.75 Å². The van der Waals surface area contributed by atoms with Crippen LogP contribution in [0.15, 0.2) is 29.3 Å². The zero-order valence-electron chi connectivity index (χ0n) is 16.2. The van der Waals surface area contributed by atoms with Gasteiger partial charge in [-0.05, 0) is 50.6 Å². The summed E-state index contributed by atoms with van der Waals surface area (Å²) in [5.74, 6) is 0.943. The maximum atomic E-state index is 12.2. The number of aliphatic imine (C=N–C) groups is 1. The van der Waals surface area contributed by atoms with Crippen LogP contribution in [0.1, 0.15) is 31.7 Å². The highest BCUT2D eigenvalue weighted by atomic mass is 127. The van der Waals surface area contributed by atoms with Crippen LogP contribution in [-0.2, 0) is 6.54 Å². The minimum absolute atomic E-state index is 0. The minimum Gasteiger partial charge on any atom is -0.484 e. The molecule has 1 saturated heterocycles. The quantitative estimate of drug-likeness (QED) is 0.315. The summed E-state index contributed by atoms with van der Waals surface area (Å²) in [5.41, 5.74) is 0.905. The standard InChI is InChI=1S/C19H29F3N4O.HI/c1-2-23-18(24-10-13-26-11-4-3-5-12-26)25-14-16-6-8-17(9-7-16)27-15-19(20,21)22;/h6-9H,2-5,10-15H2,1H3,(H2,23,24,25);1H. The van der Waals surface area contributed by atoms with E-state index in [-0.39, 0.29) is 29.7 Å². The van der Waals surface area contributed by atoms with E-state index in [9.17, 15) is 13.2 Å². The molecule has 0 amide bonds. The first-order valence-corrected chi connectivity index (χ1v) is 9.49. The molecule has 0 spiro atoms. The van der Waals surface area contributed by atoms with E-state index in [1.54, 1.807) is 12.1 Å². The van der Waals surface area contributed by atoms with Crippen LogP contribution in [0.25, 0.3) is 0 Å². The number of nitrogens with one attached hydrogen (secondary N) is 2. The van der Waals surface area contributed by atoms with E-state index in [1.165, 1.54) is 31.4 Å². The van der Waals surface area contributed by atoms with E-state index < -0.39 is 12.8 Å². The molecule has 1 aromatic carbocycles. The van der Waals surface area contributed by atoms with Gasteiger partial charge in [-0.1, -0.05) is 18.6 Å². The first kappa shape index (κ1) is 24.8. The Bertz CT molecular complexity index is 576. The fraction of sp³-hybridized carbons (Fsp3) is 0.632. The molecule has 0 aliphatic carbocycles. The monoisotopic (exact) mass is 514 g/mol. The maximum absolute atomic E-state index is 12.2. The van der Waals surface area contributed by atoms with E-state index in [1.807, 2.05) is 6.92 Å². The van der Waals surface area contributed by atoms with Gasteiger partial charge in [0.15, 0.2) is 12.6 Å². The van der Waals surface area contributed by atoms with Gasteiger partial charge < -0.3 is 20.3 Å². The average Bonchev–Trinajstić information content (AvgIpc) is 2.65. The molecule has 0 bridgehead atoms. The van der Waals surface area contributed by atoms with Gasteiger partial charge >= 0.3 is 6.18 Å². The van der Waals surface area contributed by atoms with Crippen LogP contribution in [0.3, 0.4) is 0 Å². The summed E-state index contributed by atoms with van der Waals surface area (Å²) in [4.78, 5) is 6.99. The number of benzene rings is 1. The van der Waals surface area contributed by atoms with Gasteiger partial charge in [-0.15, -0.1) is 24.0 Å². The molecule has 1 aliphatic rings. The van der Waals surface area contributed by atoms with Gasteiger partial charge in [0.1, 0.15) is 5.75 Å². The Morgan fingerprint density at radius 2 is 1.79 bits per heavy atom. The number of nitrogens with zero attached hydrogens (tertiary/aromatic N) is 2. The number of halogens is 4. The number of ether oxygens (including phenoxy) is 1. The van der Waals surface area contributed by atoms with E-state index in [2.05, 4.69) is 20.5 Å². The third-order valence-corrected chi connectivity index (χ3v) is 4.26. The Balaban J connectivity index is 0.00000392. The van der Waals surface area contributed by atoms with Crippen LogP contribution >= 0.6 is 24.0 Å². The molecule has 0 radical (unpaired) electrons. The van der Waals surface area contributed by atoms with Crippen LogP contribution in [-0.4, -0.2) is 56.4 Å². The summed E-state index contributed by atoms with van der Waals surface area (Å²) in [5, 5.41) is 6.54. The number of hydrogen-bond acceptors (Lipinski definition) is 3. The number of hydrogen-bond donors (Lipinski definition) is 2. The van der Waals surface area contributed by atoms with Crippen LogP contribution in [0.5, 0.6) is 5.75 Å². The second kappa shape index (κ2) is 13.1. The van der Waals surface area contributed by atoms with Crippen molar-refractivity contribution in [2.24, 2.45) is 4.99 Å². The lowest BCUT2D eigenvalue weighted by molar-refractivity contribution is -0.153. The predicted molar refractivity (Wildman–Crippen MR) is 117 cm³/mol. The molecule has 160 valence electrons. The fourth-order valence-corrected chi connectivity index (χ4v) is 2.88. The van der Waals surface area contributed by atoms with Crippen molar-refractivity contribution >= 4 is 29.9 Å². The van der Waals surface area contributed by atoms with Crippen LogP contribution in [0.2, 0.25) is 0 Å². The van der Waals surface area contributed by atoms with Crippen LogP contribution in [0, 0.1) is 0 Å². The number of piperidine rings is 1. The highest BCUT2D eigenvalue weighted by Crippen LogP contribution is 2.19. The predicted octanol–water partition coefficient (Wildman–Crippen LogP) is 3.79. The molecule has 28 heavy (non-hydrogen) atoms. The van der Waals surface area contributed by atoms with Crippen molar-refractivity contribution in [1.82, 2.24) is 15.5 Å². The summed E-state index contributed by atoms with van der Waals surface area (Å²) < 4.78 is 41.2. The summed E-state index contributed by atoms with van der Waals surface area (Å²) in [6.07, 6.45) is -0.453. The molecule has 0 atom stereocenters. The smallest absolute Gasteiger partial charge is 0.422 e. The van der Waals surface area contributed by atoms with Gasteiger partial charge in [0.05, 0.1) is 6.54 Å². The molecule has 0 saturated carbocycles. The number of guanidine groups is 1. The van der Waals surface area contributed by atoms with Gasteiger partial charge in [-0.2, -0.15) is 13.2 Å². The SMILES string of the molecule is CCNC(=NCc1ccc(OCC(F)(F)F)cc1)NCCN1CCCCC1.I. The van der Waals surface area contributed by atoms with Gasteiger partial charge in [0, 0.05) is 19.6 Å². The van der Waals surface area contributed by atoms with Crippen LogP contribution < -0.4 is 15.4 Å². The zero-order chi connectivity index (χ0) is 19.5. The van der Waals surface area contributed by atoms with Crippen molar-refractivity contribution in [1.29, 1.82) is 0 Å². The molecule has 5 nitrogen and oxygen atoms in total. The number of rotatable bonds is 8. The summed E-state index contributed by atoms with van der Waals surface area (Å²) in [6, 6.07) is 6.53. The lowest BCUT2D eigenvalue weighted by Crippen LogP contribution is -2.42. The summed E-state index contributed by atoms with van der Waals surface area (Å²) in [7, 11) is 0. The maximum Gasteiger partial charge on any atom is 0.422 e. The summed E-state index contributed by atoms with van der Waals surface area (Å²) >= 11 is 0. The Kier molecular flexibility index (Phi) is 11.6. The first-order chi connectivity index (χ1) is 13.0.